The number of ketones is 1. The van der Waals surface area contributed by atoms with E-state index in [0.717, 1.165) is 12.8 Å². The highest BCUT2D eigenvalue weighted by atomic mass is 28.3. The number of carbonyl (C=O) groups is 1. The fourth-order valence-electron chi connectivity index (χ4n) is 0.868. The van der Waals surface area contributed by atoms with E-state index in [9.17, 15) is 4.79 Å². The lowest BCUT2D eigenvalue weighted by Gasteiger charge is -2.13. The Morgan fingerprint density at radius 1 is 1.30 bits per heavy atom. The van der Waals surface area contributed by atoms with Gasteiger partial charge in [0.2, 0.25) is 0 Å². The minimum atomic E-state index is -0.876. The molecule has 0 aromatic rings. The fourth-order valence-corrected chi connectivity index (χ4v) is 2.11. The van der Waals surface area contributed by atoms with Crippen molar-refractivity contribution in [3.05, 3.63) is 0 Å². The molecule has 0 radical (unpaired) electrons. The standard InChI is InChI=1S/C8H18OSi/c1-8(9)6-5-7-10(2,3)4/h5-7H2,1-4H3. The first kappa shape index (κ1) is 9.89. The van der Waals surface area contributed by atoms with Gasteiger partial charge in [-0.3, -0.25) is 0 Å². The Bertz CT molecular complexity index is 113. The fraction of sp³-hybridized carbons (Fsp3) is 0.875. The quantitative estimate of drug-likeness (QED) is 0.575. The average molecular weight is 158 g/mol. The van der Waals surface area contributed by atoms with E-state index in [2.05, 4.69) is 19.6 Å². The zero-order chi connectivity index (χ0) is 8.20. The van der Waals surface area contributed by atoms with Crippen LogP contribution in [0.1, 0.15) is 19.8 Å². The van der Waals surface area contributed by atoms with E-state index in [4.69, 9.17) is 0 Å². The highest BCUT2D eigenvalue weighted by Gasteiger charge is 2.11. The van der Waals surface area contributed by atoms with Crippen molar-refractivity contribution in [3.8, 4) is 0 Å². The van der Waals surface area contributed by atoms with Crippen LogP contribution in [0.2, 0.25) is 25.7 Å². The highest BCUT2D eigenvalue weighted by Crippen LogP contribution is 2.12. The third-order valence-corrected chi connectivity index (χ3v) is 3.31. The summed E-state index contributed by atoms with van der Waals surface area (Å²) in [5, 5.41) is 0. The summed E-state index contributed by atoms with van der Waals surface area (Å²) in [6, 6.07) is 1.28. The van der Waals surface area contributed by atoms with Crippen molar-refractivity contribution in [2.45, 2.75) is 45.5 Å². The molecule has 0 heterocycles. The summed E-state index contributed by atoms with van der Waals surface area (Å²) in [5.41, 5.74) is 0. The van der Waals surface area contributed by atoms with Crippen LogP contribution < -0.4 is 0 Å². The van der Waals surface area contributed by atoms with Crippen molar-refractivity contribution in [3.63, 3.8) is 0 Å². The predicted octanol–water partition coefficient (Wildman–Crippen LogP) is 2.69. The Morgan fingerprint density at radius 2 is 1.80 bits per heavy atom. The van der Waals surface area contributed by atoms with Crippen molar-refractivity contribution < 1.29 is 4.79 Å². The number of hydrogen-bond donors (Lipinski definition) is 0. The number of Topliss-reactive ketones (excluding diaryl/α,β-unsaturated/α-hetero) is 1. The first-order chi connectivity index (χ1) is 4.42. The van der Waals surface area contributed by atoms with E-state index in [-0.39, 0.29) is 0 Å². The zero-order valence-corrected chi connectivity index (χ0v) is 8.53. The van der Waals surface area contributed by atoms with Gasteiger partial charge < -0.3 is 4.79 Å². The van der Waals surface area contributed by atoms with E-state index in [1.54, 1.807) is 6.92 Å². The predicted molar refractivity (Wildman–Crippen MR) is 48.1 cm³/mol. The van der Waals surface area contributed by atoms with Crippen LogP contribution >= 0.6 is 0 Å². The van der Waals surface area contributed by atoms with Gasteiger partial charge in [-0.2, -0.15) is 0 Å². The van der Waals surface area contributed by atoms with Gasteiger partial charge in [-0.25, -0.2) is 0 Å². The molecular formula is C8H18OSi. The lowest BCUT2D eigenvalue weighted by molar-refractivity contribution is -0.117. The molecule has 10 heavy (non-hydrogen) atoms. The molecule has 0 rings (SSSR count). The summed E-state index contributed by atoms with van der Waals surface area (Å²) >= 11 is 0. The summed E-state index contributed by atoms with van der Waals surface area (Å²) < 4.78 is 0. The molecule has 0 bridgehead atoms. The molecule has 0 spiro atoms. The van der Waals surface area contributed by atoms with Crippen molar-refractivity contribution >= 4 is 13.9 Å². The van der Waals surface area contributed by atoms with Gasteiger partial charge in [-0.1, -0.05) is 25.7 Å². The molecule has 2 heteroatoms. The van der Waals surface area contributed by atoms with Gasteiger partial charge in [0, 0.05) is 14.5 Å². The highest BCUT2D eigenvalue weighted by molar-refractivity contribution is 6.76. The van der Waals surface area contributed by atoms with Crippen LogP contribution in [-0.4, -0.2) is 13.9 Å². The molecule has 0 aromatic carbocycles. The van der Waals surface area contributed by atoms with Gasteiger partial charge in [-0.15, -0.1) is 0 Å². The minimum Gasteiger partial charge on any atom is -0.300 e. The van der Waals surface area contributed by atoms with Gasteiger partial charge in [0.1, 0.15) is 5.78 Å². The van der Waals surface area contributed by atoms with E-state index in [0.29, 0.717) is 5.78 Å². The molecule has 0 unspecified atom stereocenters. The number of hydrogen-bond acceptors (Lipinski definition) is 1. The molecule has 0 aliphatic carbocycles. The third kappa shape index (κ3) is 7.89. The second kappa shape index (κ2) is 3.91. The SMILES string of the molecule is CC(=O)CCC[Si](C)(C)C. The molecule has 60 valence electrons. The summed E-state index contributed by atoms with van der Waals surface area (Å²) in [6.45, 7) is 8.69. The smallest absolute Gasteiger partial charge is 0.129 e. The molecule has 0 atom stereocenters. The maximum atomic E-state index is 10.5. The van der Waals surface area contributed by atoms with E-state index < -0.39 is 8.07 Å². The molecule has 0 saturated heterocycles. The second-order valence-electron chi connectivity index (χ2n) is 4.12. The molecule has 0 saturated carbocycles. The largest absolute Gasteiger partial charge is 0.300 e. The zero-order valence-electron chi connectivity index (χ0n) is 7.53. The van der Waals surface area contributed by atoms with Gasteiger partial charge in [0.15, 0.2) is 0 Å². The molecular weight excluding hydrogens is 140 g/mol. The first-order valence-corrected chi connectivity index (χ1v) is 7.62. The lowest BCUT2D eigenvalue weighted by Crippen LogP contribution is -2.18. The Hall–Kier alpha value is -0.113. The Balaban J connectivity index is 3.29. The molecule has 0 aromatic heterocycles. The first-order valence-electron chi connectivity index (χ1n) is 3.91. The maximum Gasteiger partial charge on any atom is 0.129 e. The van der Waals surface area contributed by atoms with Crippen molar-refractivity contribution in [1.82, 2.24) is 0 Å². The molecule has 0 fully saturated rings. The van der Waals surface area contributed by atoms with E-state index in [1.165, 1.54) is 6.04 Å². The topological polar surface area (TPSA) is 17.1 Å². The van der Waals surface area contributed by atoms with Gasteiger partial charge in [0.05, 0.1) is 0 Å². The van der Waals surface area contributed by atoms with Gasteiger partial charge in [-0.05, 0) is 13.3 Å². The Kier molecular flexibility index (Phi) is 3.87. The summed E-state index contributed by atoms with van der Waals surface area (Å²) in [7, 11) is -0.876. The molecule has 0 aliphatic rings. The average Bonchev–Trinajstić information content (AvgIpc) is 1.59. The maximum absolute atomic E-state index is 10.5. The second-order valence-corrected chi connectivity index (χ2v) is 9.74. The van der Waals surface area contributed by atoms with Crippen LogP contribution in [0.3, 0.4) is 0 Å². The van der Waals surface area contributed by atoms with E-state index in [1.807, 2.05) is 0 Å². The van der Waals surface area contributed by atoms with Crippen LogP contribution in [-0.2, 0) is 4.79 Å². The van der Waals surface area contributed by atoms with Crippen molar-refractivity contribution in [2.24, 2.45) is 0 Å². The van der Waals surface area contributed by atoms with Gasteiger partial charge in [0.25, 0.3) is 0 Å². The Labute approximate surface area is 64.8 Å². The van der Waals surface area contributed by atoms with E-state index >= 15 is 0 Å². The van der Waals surface area contributed by atoms with Crippen molar-refractivity contribution in [2.75, 3.05) is 0 Å². The Morgan fingerprint density at radius 3 is 2.10 bits per heavy atom. The lowest BCUT2D eigenvalue weighted by atomic mass is 10.3. The molecule has 1 nitrogen and oxygen atoms in total. The van der Waals surface area contributed by atoms with Gasteiger partial charge >= 0.3 is 0 Å². The summed E-state index contributed by atoms with van der Waals surface area (Å²) in [6.07, 6.45) is 1.88. The van der Waals surface area contributed by atoms with Crippen LogP contribution in [0.4, 0.5) is 0 Å². The summed E-state index contributed by atoms with van der Waals surface area (Å²) in [5.74, 6) is 0.332. The van der Waals surface area contributed by atoms with Crippen LogP contribution in [0.5, 0.6) is 0 Å². The molecule has 0 amide bonds. The monoisotopic (exact) mass is 158 g/mol. The molecule has 0 N–H and O–H groups in total. The minimum absolute atomic E-state index is 0.332. The number of rotatable bonds is 4. The normalized spacial score (nSPS) is 11.6. The third-order valence-electron chi connectivity index (χ3n) is 1.46. The van der Waals surface area contributed by atoms with Crippen LogP contribution in [0.15, 0.2) is 0 Å². The summed E-state index contributed by atoms with van der Waals surface area (Å²) in [4.78, 5) is 10.5. The number of carbonyl (C=O) groups excluding carboxylic acids is 1. The molecule has 0 aliphatic heterocycles. The van der Waals surface area contributed by atoms with Crippen molar-refractivity contribution in [1.29, 1.82) is 0 Å². The van der Waals surface area contributed by atoms with Crippen LogP contribution in [0, 0.1) is 0 Å². The van der Waals surface area contributed by atoms with Crippen LogP contribution in [0.25, 0.3) is 0 Å².